The van der Waals surface area contributed by atoms with Crippen LogP contribution < -0.4 is 10.2 Å². The Balaban J connectivity index is 1.58. The summed E-state index contributed by atoms with van der Waals surface area (Å²) in [5.41, 5.74) is 2.88. The van der Waals surface area contributed by atoms with Gasteiger partial charge >= 0.3 is 0 Å². The summed E-state index contributed by atoms with van der Waals surface area (Å²) in [6, 6.07) is 3.88. The first kappa shape index (κ1) is 18.7. The van der Waals surface area contributed by atoms with Gasteiger partial charge in [0.1, 0.15) is 4.83 Å². The van der Waals surface area contributed by atoms with Crippen LogP contribution in [0.15, 0.2) is 29.1 Å². The van der Waals surface area contributed by atoms with E-state index in [4.69, 9.17) is 9.97 Å². The number of carbonyl (C=O) groups is 2. The van der Waals surface area contributed by atoms with Crippen molar-refractivity contribution < 1.29 is 9.59 Å². The van der Waals surface area contributed by atoms with E-state index in [1.165, 1.54) is 22.7 Å². The average molecular weight is 451 g/mol. The van der Waals surface area contributed by atoms with Gasteiger partial charge in [0.05, 0.1) is 27.1 Å². The molecular weight excluding hydrogens is 432 g/mol. The van der Waals surface area contributed by atoms with Crippen LogP contribution in [0.1, 0.15) is 11.3 Å². The van der Waals surface area contributed by atoms with Crippen molar-refractivity contribution in [3.8, 4) is 0 Å². The molecule has 1 saturated heterocycles. The van der Waals surface area contributed by atoms with Crippen molar-refractivity contribution in [3.05, 3.63) is 40.3 Å². The Labute approximate surface area is 185 Å². The number of fused-ring (bicyclic) bond motifs is 2. The normalized spacial score (nSPS) is 18.0. The van der Waals surface area contributed by atoms with Crippen molar-refractivity contribution in [2.75, 3.05) is 38.1 Å². The first-order chi connectivity index (χ1) is 15.1. The minimum absolute atomic E-state index is 0.320. The van der Waals surface area contributed by atoms with E-state index in [-0.39, 0.29) is 0 Å². The lowest BCUT2D eigenvalue weighted by molar-refractivity contribution is -0.122. The lowest BCUT2D eigenvalue weighted by atomic mass is 10.00. The maximum Gasteiger partial charge on any atom is 0.261 e. The highest BCUT2D eigenvalue weighted by Crippen LogP contribution is 2.39. The van der Waals surface area contributed by atoms with Crippen molar-refractivity contribution in [2.24, 2.45) is 0 Å². The van der Waals surface area contributed by atoms with Crippen molar-refractivity contribution in [2.45, 2.75) is 0 Å². The average Bonchev–Trinajstić information content (AvgIpc) is 3.52. The monoisotopic (exact) mass is 450 g/mol. The fourth-order valence-electron chi connectivity index (χ4n) is 4.15. The Morgan fingerprint density at radius 1 is 0.968 bits per heavy atom. The standard InChI is InChI=1S/C21H18N6O2S2/c1-26-4-6-27(7-5-26)21-23-16(11-2-8-31-20(11)25-21)15-14(18(28)24-19(15)29)12-10-22-13-3-9-30-17(12)13/h2-3,8-10,22H,4-7H2,1H3,(H,24,28,29). The molecule has 0 atom stereocenters. The molecule has 0 saturated carbocycles. The molecule has 31 heavy (non-hydrogen) atoms. The number of imide groups is 1. The number of piperazine rings is 1. The molecule has 156 valence electrons. The number of nitrogens with zero attached hydrogens (tertiary/aromatic N) is 4. The van der Waals surface area contributed by atoms with Gasteiger partial charge in [-0.3, -0.25) is 14.9 Å². The molecule has 0 radical (unpaired) electrons. The number of likely N-dealkylation sites (N-methyl/N-ethyl adjacent to an activating group) is 1. The molecular formula is C21H18N6O2S2. The molecule has 0 aliphatic carbocycles. The van der Waals surface area contributed by atoms with Crippen LogP contribution in [0.4, 0.5) is 5.95 Å². The van der Waals surface area contributed by atoms with Crippen LogP contribution in [0, 0.1) is 0 Å². The van der Waals surface area contributed by atoms with Crippen LogP contribution >= 0.6 is 22.7 Å². The molecule has 10 heteroatoms. The number of amides is 2. The highest BCUT2D eigenvalue weighted by molar-refractivity contribution is 7.17. The molecule has 1 fully saturated rings. The number of nitrogens with one attached hydrogen (secondary N) is 2. The van der Waals surface area contributed by atoms with E-state index in [2.05, 4.69) is 27.1 Å². The summed E-state index contributed by atoms with van der Waals surface area (Å²) in [5.74, 6) is -0.203. The Bertz CT molecular complexity index is 1390. The number of hydrogen-bond donors (Lipinski definition) is 2. The van der Waals surface area contributed by atoms with Gasteiger partial charge in [-0.05, 0) is 29.9 Å². The fraction of sp³-hybridized carbons (Fsp3) is 0.238. The Kier molecular flexibility index (Phi) is 4.20. The number of aromatic nitrogens is 3. The molecule has 2 aliphatic heterocycles. The Morgan fingerprint density at radius 2 is 1.74 bits per heavy atom. The number of H-pyrrole nitrogens is 1. The molecule has 2 amide bonds. The minimum atomic E-state index is -0.415. The first-order valence-electron chi connectivity index (χ1n) is 9.94. The molecule has 4 aromatic rings. The van der Waals surface area contributed by atoms with Crippen LogP contribution in [-0.4, -0.2) is 64.9 Å². The van der Waals surface area contributed by atoms with Crippen LogP contribution in [-0.2, 0) is 9.59 Å². The number of anilines is 1. The topological polar surface area (TPSA) is 94.2 Å². The highest BCUT2D eigenvalue weighted by Gasteiger charge is 2.36. The summed E-state index contributed by atoms with van der Waals surface area (Å²) < 4.78 is 0.951. The SMILES string of the molecule is CN1CCN(c2nc(C3=C(c4c[nH]c5ccsc45)C(=O)NC3=O)c3ccsc3n2)CC1. The van der Waals surface area contributed by atoms with E-state index in [0.29, 0.717) is 22.8 Å². The van der Waals surface area contributed by atoms with Crippen molar-refractivity contribution in [1.82, 2.24) is 25.2 Å². The summed E-state index contributed by atoms with van der Waals surface area (Å²) in [5, 5.41) is 7.18. The highest BCUT2D eigenvalue weighted by atomic mass is 32.1. The van der Waals surface area contributed by atoms with Gasteiger partial charge in [0.25, 0.3) is 11.8 Å². The number of aromatic amines is 1. The summed E-state index contributed by atoms with van der Waals surface area (Å²) in [6.07, 6.45) is 1.79. The molecule has 6 heterocycles. The maximum absolute atomic E-state index is 13.0. The maximum atomic E-state index is 13.0. The Hall–Kier alpha value is -3.08. The molecule has 0 bridgehead atoms. The molecule has 2 N–H and O–H groups in total. The molecule has 0 spiro atoms. The number of carbonyl (C=O) groups excluding carboxylic acids is 2. The zero-order valence-electron chi connectivity index (χ0n) is 16.6. The van der Waals surface area contributed by atoms with E-state index < -0.39 is 11.8 Å². The lowest BCUT2D eigenvalue weighted by Crippen LogP contribution is -2.45. The van der Waals surface area contributed by atoms with Gasteiger partial charge in [-0.1, -0.05) is 0 Å². The Morgan fingerprint density at radius 3 is 2.58 bits per heavy atom. The quantitative estimate of drug-likeness (QED) is 0.466. The summed E-state index contributed by atoms with van der Waals surface area (Å²) in [6.45, 7) is 3.48. The molecule has 0 unspecified atom stereocenters. The van der Waals surface area contributed by atoms with E-state index in [1.807, 2.05) is 22.9 Å². The second-order valence-electron chi connectivity index (χ2n) is 7.70. The van der Waals surface area contributed by atoms with Gasteiger partial charge in [0.15, 0.2) is 0 Å². The van der Waals surface area contributed by atoms with Crippen LogP contribution in [0.2, 0.25) is 0 Å². The third-order valence-corrected chi connectivity index (χ3v) is 7.57. The van der Waals surface area contributed by atoms with Gasteiger partial charge in [0.2, 0.25) is 5.95 Å². The zero-order chi connectivity index (χ0) is 21.1. The third kappa shape index (κ3) is 2.90. The van der Waals surface area contributed by atoms with Gasteiger partial charge in [-0.2, -0.15) is 0 Å². The van der Waals surface area contributed by atoms with Crippen LogP contribution in [0.3, 0.4) is 0 Å². The molecule has 4 aromatic heterocycles. The van der Waals surface area contributed by atoms with E-state index in [9.17, 15) is 9.59 Å². The number of hydrogen-bond acceptors (Lipinski definition) is 8. The van der Waals surface area contributed by atoms with Crippen molar-refractivity contribution >= 4 is 72.0 Å². The number of rotatable bonds is 3. The summed E-state index contributed by atoms with van der Waals surface area (Å²) >= 11 is 3.05. The smallest absolute Gasteiger partial charge is 0.261 e. The van der Waals surface area contributed by atoms with Crippen LogP contribution in [0.5, 0.6) is 0 Å². The van der Waals surface area contributed by atoms with Gasteiger partial charge in [-0.25, -0.2) is 9.97 Å². The molecule has 0 aromatic carbocycles. The lowest BCUT2D eigenvalue weighted by Gasteiger charge is -2.32. The zero-order valence-corrected chi connectivity index (χ0v) is 18.3. The minimum Gasteiger partial charge on any atom is -0.360 e. The van der Waals surface area contributed by atoms with E-state index in [0.717, 1.165) is 52.2 Å². The second-order valence-corrected chi connectivity index (χ2v) is 9.51. The molecule has 6 rings (SSSR count). The van der Waals surface area contributed by atoms with Gasteiger partial charge in [0, 0.05) is 43.3 Å². The molecule has 2 aliphatic rings. The van der Waals surface area contributed by atoms with E-state index in [1.54, 1.807) is 6.20 Å². The van der Waals surface area contributed by atoms with Crippen molar-refractivity contribution in [3.63, 3.8) is 0 Å². The van der Waals surface area contributed by atoms with Gasteiger partial charge in [-0.15, -0.1) is 22.7 Å². The van der Waals surface area contributed by atoms with Gasteiger partial charge < -0.3 is 14.8 Å². The fourth-order valence-corrected chi connectivity index (χ4v) is 5.79. The predicted octanol–water partition coefficient (Wildman–Crippen LogP) is 2.55. The predicted molar refractivity (Wildman–Crippen MR) is 123 cm³/mol. The number of thiophene rings is 2. The van der Waals surface area contributed by atoms with Crippen LogP contribution in [0.25, 0.3) is 31.6 Å². The largest absolute Gasteiger partial charge is 0.360 e. The van der Waals surface area contributed by atoms with E-state index >= 15 is 0 Å². The first-order valence-corrected chi connectivity index (χ1v) is 11.7. The third-order valence-electron chi connectivity index (χ3n) is 5.82. The second kappa shape index (κ2) is 6.98. The molecule has 8 nitrogen and oxygen atoms in total. The summed E-state index contributed by atoms with van der Waals surface area (Å²) in [4.78, 5) is 43.9. The summed E-state index contributed by atoms with van der Waals surface area (Å²) in [7, 11) is 2.10. The van der Waals surface area contributed by atoms with Crippen molar-refractivity contribution in [1.29, 1.82) is 0 Å².